The number of carbonyl (C=O) groups is 1. The van der Waals surface area contributed by atoms with Gasteiger partial charge in [0.25, 0.3) is 0 Å². The van der Waals surface area contributed by atoms with Gasteiger partial charge in [0.2, 0.25) is 0 Å². The minimum Gasteiger partial charge on any atom is -0.299 e. The van der Waals surface area contributed by atoms with Gasteiger partial charge in [0.05, 0.1) is 0 Å². The van der Waals surface area contributed by atoms with E-state index >= 15 is 0 Å². The first-order valence-electron chi connectivity index (χ1n) is 9.60. The quantitative estimate of drug-likeness (QED) is 0.597. The van der Waals surface area contributed by atoms with E-state index in [1.165, 1.54) is 22.3 Å². The summed E-state index contributed by atoms with van der Waals surface area (Å²) in [7, 11) is 0. The molecule has 3 rings (SSSR count). The van der Waals surface area contributed by atoms with E-state index in [1.807, 2.05) is 32.9 Å². The molecule has 0 aliphatic heterocycles. The molecule has 0 N–H and O–H groups in total. The van der Waals surface area contributed by atoms with E-state index < -0.39 is 0 Å². The fraction of sp³-hybridized carbons (Fsp3) is 0.320. The highest BCUT2D eigenvalue weighted by atomic mass is 16.1. The Morgan fingerprint density at radius 1 is 1.08 bits per heavy atom. The Labute approximate surface area is 158 Å². The lowest BCUT2D eigenvalue weighted by atomic mass is 9.89. The first-order valence-corrected chi connectivity index (χ1v) is 9.60. The van der Waals surface area contributed by atoms with Gasteiger partial charge < -0.3 is 0 Å². The molecule has 0 saturated heterocycles. The van der Waals surface area contributed by atoms with E-state index in [0.717, 1.165) is 17.5 Å². The summed E-state index contributed by atoms with van der Waals surface area (Å²) in [6, 6.07) is 14.6. The third-order valence-electron chi connectivity index (χ3n) is 4.78. The largest absolute Gasteiger partial charge is 0.299 e. The SMILES string of the molecule is CC.Cc1cccc(CC(=O)[C@H](C)c2ccc(C3=CCC=C3)c(C)c2)c1. The first-order chi connectivity index (χ1) is 12.5. The van der Waals surface area contributed by atoms with Crippen LogP contribution in [0, 0.1) is 13.8 Å². The number of carbonyl (C=O) groups excluding carboxylic acids is 1. The number of allylic oxidation sites excluding steroid dienone is 4. The summed E-state index contributed by atoms with van der Waals surface area (Å²) < 4.78 is 0. The van der Waals surface area contributed by atoms with Crippen LogP contribution in [-0.4, -0.2) is 5.78 Å². The van der Waals surface area contributed by atoms with Crippen LogP contribution in [0.15, 0.2) is 60.7 Å². The van der Waals surface area contributed by atoms with Crippen molar-refractivity contribution < 1.29 is 4.79 Å². The maximum absolute atomic E-state index is 12.7. The molecule has 0 unspecified atom stereocenters. The van der Waals surface area contributed by atoms with Crippen LogP contribution in [0.1, 0.15) is 60.9 Å². The molecule has 0 aromatic heterocycles. The number of rotatable bonds is 5. The van der Waals surface area contributed by atoms with Gasteiger partial charge in [-0.2, -0.15) is 0 Å². The molecular formula is C25H30O. The summed E-state index contributed by atoms with van der Waals surface area (Å²) in [5.74, 6) is 0.194. The summed E-state index contributed by atoms with van der Waals surface area (Å²) in [5, 5.41) is 0. The van der Waals surface area contributed by atoms with Crippen LogP contribution in [0.3, 0.4) is 0 Å². The lowest BCUT2D eigenvalue weighted by Crippen LogP contribution is -2.12. The fourth-order valence-corrected chi connectivity index (χ4v) is 3.30. The Kier molecular flexibility index (Phi) is 7.15. The number of hydrogen-bond donors (Lipinski definition) is 0. The van der Waals surface area contributed by atoms with Crippen molar-refractivity contribution >= 4 is 11.4 Å². The van der Waals surface area contributed by atoms with Crippen molar-refractivity contribution in [3.8, 4) is 0 Å². The highest BCUT2D eigenvalue weighted by Crippen LogP contribution is 2.28. The van der Waals surface area contributed by atoms with E-state index in [0.29, 0.717) is 6.42 Å². The molecule has 0 spiro atoms. The average Bonchev–Trinajstić information content (AvgIpc) is 3.17. The number of hydrogen-bond acceptors (Lipinski definition) is 1. The molecule has 1 heteroatoms. The number of ketones is 1. The van der Waals surface area contributed by atoms with Gasteiger partial charge in [0.1, 0.15) is 5.78 Å². The van der Waals surface area contributed by atoms with Gasteiger partial charge in [-0.1, -0.05) is 87.0 Å². The zero-order valence-electron chi connectivity index (χ0n) is 16.7. The number of Topliss-reactive ketones (excluding diaryl/α,β-unsaturated/α-hetero) is 1. The van der Waals surface area contributed by atoms with Crippen LogP contribution >= 0.6 is 0 Å². The maximum Gasteiger partial charge on any atom is 0.144 e. The maximum atomic E-state index is 12.7. The standard InChI is InChI=1S/C23H24O.C2H6/c1-16-7-6-8-19(13-16)15-23(24)18(3)21-11-12-22(17(2)14-21)20-9-4-5-10-20;1-2/h4,6-14,18H,5,15H2,1-3H3;1-2H3/t18-;/m1./s1. The Morgan fingerprint density at radius 3 is 2.46 bits per heavy atom. The molecule has 2 aromatic rings. The van der Waals surface area contributed by atoms with Crippen LogP contribution in [0.4, 0.5) is 0 Å². The molecule has 0 amide bonds. The number of aryl methyl sites for hydroxylation is 2. The summed E-state index contributed by atoms with van der Waals surface area (Å²) in [4.78, 5) is 12.7. The molecule has 136 valence electrons. The van der Waals surface area contributed by atoms with Gasteiger partial charge in [-0.05, 0) is 48.1 Å². The third-order valence-corrected chi connectivity index (χ3v) is 4.78. The monoisotopic (exact) mass is 346 g/mol. The topological polar surface area (TPSA) is 17.1 Å². The smallest absolute Gasteiger partial charge is 0.144 e. The van der Waals surface area contributed by atoms with Gasteiger partial charge in [-0.3, -0.25) is 4.79 Å². The molecule has 1 nitrogen and oxygen atoms in total. The molecule has 1 atom stereocenters. The minimum absolute atomic E-state index is 0.0774. The van der Waals surface area contributed by atoms with Crippen LogP contribution in [0.5, 0.6) is 0 Å². The van der Waals surface area contributed by atoms with Gasteiger partial charge >= 0.3 is 0 Å². The molecule has 1 aliphatic carbocycles. The van der Waals surface area contributed by atoms with Crippen LogP contribution in [0.2, 0.25) is 0 Å². The van der Waals surface area contributed by atoms with Gasteiger partial charge in [-0.25, -0.2) is 0 Å². The number of benzene rings is 2. The summed E-state index contributed by atoms with van der Waals surface area (Å²) in [5.41, 5.74) is 7.20. The van der Waals surface area contributed by atoms with E-state index in [-0.39, 0.29) is 11.7 Å². The van der Waals surface area contributed by atoms with E-state index in [9.17, 15) is 4.79 Å². The molecule has 0 saturated carbocycles. The zero-order valence-corrected chi connectivity index (χ0v) is 16.7. The highest BCUT2D eigenvalue weighted by molar-refractivity contribution is 5.87. The van der Waals surface area contributed by atoms with Gasteiger partial charge in [-0.15, -0.1) is 0 Å². The van der Waals surface area contributed by atoms with Gasteiger partial charge in [0, 0.05) is 12.3 Å². The minimum atomic E-state index is -0.0774. The summed E-state index contributed by atoms with van der Waals surface area (Å²) in [6.07, 6.45) is 8.11. The normalized spacial score (nSPS) is 13.7. The van der Waals surface area contributed by atoms with Crippen LogP contribution in [0.25, 0.3) is 5.57 Å². The predicted molar refractivity (Wildman–Crippen MR) is 113 cm³/mol. The fourth-order valence-electron chi connectivity index (χ4n) is 3.30. The van der Waals surface area contributed by atoms with Crippen molar-refractivity contribution in [2.75, 3.05) is 0 Å². The first kappa shape index (κ1) is 19.9. The predicted octanol–water partition coefficient (Wildman–Crippen LogP) is 6.59. The lowest BCUT2D eigenvalue weighted by Gasteiger charge is -2.14. The second-order valence-corrected chi connectivity index (χ2v) is 6.73. The van der Waals surface area contributed by atoms with Crippen molar-refractivity contribution in [2.24, 2.45) is 0 Å². The summed E-state index contributed by atoms with van der Waals surface area (Å²) in [6.45, 7) is 10.2. The van der Waals surface area contributed by atoms with Crippen molar-refractivity contribution in [3.63, 3.8) is 0 Å². The molecule has 2 aromatic carbocycles. The van der Waals surface area contributed by atoms with Crippen LogP contribution < -0.4 is 0 Å². The highest BCUT2D eigenvalue weighted by Gasteiger charge is 2.17. The van der Waals surface area contributed by atoms with Gasteiger partial charge in [0.15, 0.2) is 0 Å². The Hall–Kier alpha value is -2.41. The molecule has 26 heavy (non-hydrogen) atoms. The van der Waals surface area contributed by atoms with Crippen molar-refractivity contribution in [2.45, 2.75) is 53.4 Å². The van der Waals surface area contributed by atoms with E-state index in [4.69, 9.17) is 0 Å². The molecule has 0 bridgehead atoms. The van der Waals surface area contributed by atoms with E-state index in [2.05, 4.69) is 62.4 Å². The van der Waals surface area contributed by atoms with Crippen molar-refractivity contribution in [1.82, 2.24) is 0 Å². The second kappa shape index (κ2) is 9.33. The molecule has 0 fully saturated rings. The molecule has 0 radical (unpaired) electrons. The molecule has 0 heterocycles. The Bertz CT molecular complexity index is 824. The van der Waals surface area contributed by atoms with Crippen molar-refractivity contribution in [1.29, 1.82) is 0 Å². The Morgan fingerprint density at radius 2 is 1.85 bits per heavy atom. The van der Waals surface area contributed by atoms with Crippen molar-refractivity contribution in [3.05, 3.63) is 88.5 Å². The third kappa shape index (κ3) is 4.82. The Balaban J connectivity index is 0.00000117. The second-order valence-electron chi connectivity index (χ2n) is 6.73. The average molecular weight is 347 g/mol. The van der Waals surface area contributed by atoms with E-state index in [1.54, 1.807) is 0 Å². The molecule has 1 aliphatic rings. The lowest BCUT2D eigenvalue weighted by molar-refractivity contribution is -0.119. The van der Waals surface area contributed by atoms with Crippen LogP contribution in [-0.2, 0) is 11.2 Å². The molecular weight excluding hydrogens is 316 g/mol. The summed E-state index contributed by atoms with van der Waals surface area (Å²) >= 11 is 0. The zero-order chi connectivity index (χ0) is 19.1.